The van der Waals surface area contributed by atoms with Crippen LogP contribution in [0.25, 0.3) is 5.69 Å². The van der Waals surface area contributed by atoms with Crippen molar-refractivity contribution in [2.24, 2.45) is 0 Å². The van der Waals surface area contributed by atoms with E-state index in [1.54, 1.807) is 0 Å². The lowest BCUT2D eigenvalue weighted by atomic mass is 10.1. The van der Waals surface area contributed by atoms with Gasteiger partial charge in [0.2, 0.25) is 0 Å². The molecule has 1 aromatic carbocycles. The first kappa shape index (κ1) is 12.5. The first-order valence-electron chi connectivity index (χ1n) is 6.82. The third-order valence-corrected chi connectivity index (χ3v) is 3.86. The molecule has 2 heterocycles. The third-order valence-electron chi connectivity index (χ3n) is 3.62. The molecule has 0 atom stereocenters. The third kappa shape index (κ3) is 2.12. The summed E-state index contributed by atoms with van der Waals surface area (Å²) in [6, 6.07) is 5.95. The van der Waals surface area contributed by atoms with Crippen molar-refractivity contribution in [2.75, 3.05) is 11.9 Å². The lowest BCUT2D eigenvalue weighted by molar-refractivity contribution is 0.793. The van der Waals surface area contributed by atoms with E-state index in [1.165, 1.54) is 16.8 Å². The van der Waals surface area contributed by atoms with Gasteiger partial charge in [-0.2, -0.15) is 5.10 Å². The summed E-state index contributed by atoms with van der Waals surface area (Å²) in [5.41, 5.74) is 4.86. The van der Waals surface area contributed by atoms with E-state index in [2.05, 4.69) is 19.2 Å². The molecule has 19 heavy (non-hydrogen) atoms. The summed E-state index contributed by atoms with van der Waals surface area (Å²) in [7, 11) is 0. The molecule has 3 rings (SSSR count). The van der Waals surface area contributed by atoms with Gasteiger partial charge in [-0.25, -0.2) is 4.68 Å². The van der Waals surface area contributed by atoms with Gasteiger partial charge in [0, 0.05) is 17.1 Å². The Balaban J connectivity index is 2.15. The number of fused-ring (bicyclic) bond motifs is 1. The first-order valence-corrected chi connectivity index (χ1v) is 7.19. The van der Waals surface area contributed by atoms with Crippen molar-refractivity contribution in [2.45, 2.75) is 33.1 Å². The van der Waals surface area contributed by atoms with Crippen molar-refractivity contribution < 1.29 is 0 Å². The highest BCUT2D eigenvalue weighted by atomic mass is 35.5. The highest BCUT2D eigenvalue weighted by Gasteiger charge is 2.22. The van der Waals surface area contributed by atoms with Crippen LogP contribution in [-0.4, -0.2) is 16.3 Å². The van der Waals surface area contributed by atoms with Gasteiger partial charge in [0.05, 0.1) is 11.4 Å². The first-order chi connectivity index (χ1) is 9.20. The van der Waals surface area contributed by atoms with Gasteiger partial charge in [0.15, 0.2) is 0 Å². The van der Waals surface area contributed by atoms with Crippen molar-refractivity contribution in [1.29, 1.82) is 0 Å². The second-order valence-corrected chi connectivity index (χ2v) is 5.48. The van der Waals surface area contributed by atoms with Crippen LogP contribution in [0.2, 0.25) is 5.02 Å². The van der Waals surface area contributed by atoms with Crippen molar-refractivity contribution in [1.82, 2.24) is 9.78 Å². The molecule has 1 aromatic heterocycles. The molecule has 0 unspecified atom stereocenters. The highest BCUT2D eigenvalue weighted by molar-refractivity contribution is 6.30. The standard InChI is InChI=1S/C15H18ClN3/c1-3-4-13-12-7-8-17-15(12)19(18-13)14-9-11(16)6-5-10(14)2/h5-6,9,17H,3-4,7-8H2,1-2H3. The molecule has 0 saturated heterocycles. The lowest BCUT2D eigenvalue weighted by Gasteiger charge is -2.10. The maximum atomic E-state index is 6.12. The van der Waals surface area contributed by atoms with Crippen LogP contribution >= 0.6 is 11.6 Å². The topological polar surface area (TPSA) is 29.9 Å². The highest BCUT2D eigenvalue weighted by Crippen LogP contribution is 2.31. The minimum Gasteiger partial charge on any atom is -0.369 e. The summed E-state index contributed by atoms with van der Waals surface area (Å²) in [5.74, 6) is 1.15. The molecule has 0 fully saturated rings. The molecule has 3 nitrogen and oxygen atoms in total. The minimum atomic E-state index is 0.750. The van der Waals surface area contributed by atoms with Gasteiger partial charge in [0.25, 0.3) is 0 Å². The SMILES string of the molecule is CCCc1nn(-c2cc(Cl)ccc2C)c2c1CCN2. The molecule has 0 spiro atoms. The number of hydrogen-bond acceptors (Lipinski definition) is 2. The van der Waals surface area contributed by atoms with Gasteiger partial charge in [-0.3, -0.25) is 0 Å². The van der Waals surface area contributed by atoms with Crippen LogP contribution in [0.15, 0.2) is 18.2 Å². The largest absolute Gasteiger partial charge is 0.369 e. The summed E-state index contributed by atoms with van der Waals surface area (Å²) in [6.07, 6.45) is 3.24. The molecule has 2 aromatic rings. The van der Waals surface area contributed by atoms with Crippen molar-refractivity contribution in [3.63, 3.8) is 0 Å². The lowest BCUT2D eigenvalue weighted by Crippen LogP contribution is -2.06. The minimum absolute atomic E-state index is 0.750. The number of anilines is 1. The Labute approximate surface area is 118 Å². The second kappa shape index (κ2) is 4.89. The van der Waals surface area contributed by atoms with Crippen LogP contribution < -0.4 is 5.32 Å². The molecule has 0 radical (unpaired) electrons. The van der Waals surface area contributed by atoms with Crippen molar-refractivity contribution in [3.8, 4) is 5.69 Å². The van der Waals surface area contributed by atoms with Crippen molar-refractivity contribution >= 4 is 17.4 Å². The molecule has 1 N–H and O–H groups in total. The van der Waals surface area contributed by atoms with Gasteiger partial charge in [0.1, 0.15) is 5.82 Å². The number of aromatic nitrogens is 2. The zero-order valence-corrected chi connectivity index (χ0v) is 12.1. The van der Waals surface area contributed by atoms with Gasteiger partial charge < -0.3 is 5.32 Å². The Morgan fingerprint density at radius 1 is 1.42 bits per heavy atom. The average Bonchev–Trinajstić information content (AvgIpc) is 2.97. The smallest absolute Gasteiger partial charge is 0.133 e. The summed E-state index contributed by atoms with van der Waals surface area (Å²) in [4.78, 5) is 0. The van der Waals surface area contributed by atoms with Gasteiger partial charge in [-0.05, 0) is 37.5 Å². The second-order valence-electron chi connectivity index (χ2n) is 5.04. The van der Waals surface area contributed by atoms with E-state index in [9.17, 15) is 0 Å². The van der Waals surface area contributed by atoms with E-state index in [0.29, 0.717) is 0 Å². The molecular weight excluding hydrogens is 258 g/mol. The van der Waals surface area contributed by atoms with E-state index in [-0.39, 0.29) is 0 Å². The number of benzene rings is 1. The van der Waals surface area contributed by atoms with Crippen LogP contribution in [0, 0.1) is 6.92 Å². The van der Waals surface area contributed by atoms with Gasteiger partial charge in [-0.15, -0.1) is 0 Å². The fraction of sp³-hybridized carbons (Fsp3) is 0.400. The Hall–Kier alpha value is -1.48. The molecule has 0 saturated carbocycles. The fourth-order valence-corrected chi connectivity index (χ4v) is 2.83. The molecule has 1 aliphatic rings. The Morgan fingerprint density at radius 2 is 2.26 bits per heavy atom. The molecule has 100 valence electrons. The van der Waals surface area contributed by atoms with Crippen LogP contribution in [0.5, 0.6) is 0 Å². The van der Waals surface area contributed by atoms with E-state index >= 15 is 0 Å². The van der Waals surface area contributed by atoms with Crippen LogP contribution in [0.1, 0.15) is 30.2 Å². The van der Waals surface area contributed by atoms with Crippen LogP contribution in [-0.2, 0) is 12.8 Å². The molecular formula is C15H18ClN3. The average molecular weight is 276 g/mol. The predicted molar refractivity (Wildman–Crippen MR) is 79.5 cm³/mol. The number of hydrogen-bond donors (Lipinski definition) is 1. The number of nitrogens with zero attached hydrogens (tertiary/aromatic N) is 2. The number of rotatable bonds is 3. The van der Waals surface area contributed by atoms with Crippen LogP contribution in [0.4, 0.5) is 5.82 Å². The molecule has 0 aliphatic carbocycles. The monoisotopic (exact) mass is 275 g/mol. The summed E-state index contributed by atoms with van der Waals surface area (Å²) >= 11 is 6.12. The van der Waals surface area contributed by atoms with E-state index in [0.717, 1.165) is 42.3 Å². The van der Waals surface area contributed by atoms with Gasteiger partial charge in [-0.1, -0.05) is 31.0 Å². The Kier molecular flexibility index (Phi) is 3.23. The summed E-state index contributed by atoms with van der Waals surface area (Å²) in [5, 5.41) is 8.99. The molecule has 0 bridgehead atoms. The number of aryl methyl sites for hydroxylation is 2. The Morgan fingerprint density at radius 3 is 3.05 bits per heavy atom. The van der Waals surface area contributed by atoms with Crippen LogP contribution in [0.3, 0.4) is 0 Å². The zero-order valence-electron chi connectivity index (χ0n) is 11.3. The molecule has 4 heteroatoms. The quantitative estimate of drug-likeness (QED) is 0.924. The maximum absolute atomic E-state index is 6.12. The van der Waals surface area contributed by atoms with Crippen molar-refractivity contribution in [3.05, 3.63) is 40.0 Å². The summed E-state index contributed by atoms with van der Waals surface area (Å²) < 4.78 is 2.02. The van der Waals surface area contributed by atoms with E-state index in [1.807, 2.05) is 22.9 Å². The molecule has 1 aliphatic heterocycles. The number of nitrogens with one attached hydrogen (secondary N) is 1. The van der Waals surface area contributed by atoms with Gasteiger partial charge >= 0.3 is 0 Å². The van der Waals surface area contributed by atoms with E-state index < -0.39 is 0 Å². The molecule has 0 amide bonds. The zero-order chi connectivity index (χ0) is 13.4. The maximum Gasteiger partial charge on any atom is 0.133 e. The summed E-state index contributed by atoms with van der Waals surface area (Å²) in [6.45, 7) is 5.29. The fourth-order valence-electron chi connectivity index (χ4n) is 2.67. The van der Waals surface area contributed by atoms with E-state index in [4.69, 9.17) is 16.7 Å². The normalized spacial score (nSPS) is 13.4. The predicted octanol–water partition coefficient (Wildman–Crippen LogP) is 3.75. The number of halogens is 1. The Bertz CT molecular complexity index is 616.